The summed E-state index contributed by atoms with van der Waals surface area (Å²) >= 11 is 2.05. The van der Waals surface area contributed by atoms with Crippen LogP contribution in [0.4, 0.5) is 0 Å². The fourth-order valence-electron chi connectivity index (χ4n) is 4.09. The van der Waals surface area contributed by atoms with Crippen LogP contribution in [0, 0.1) is 12.8 Å². The van der Waals surface area contributed by atoms with E-state index in [9.17, 15) is 0 Å². The second-order valence-corrected chi connectivity index (χ2v) is 9.97. The third kappa shape index (κ3) is 2.21. The van der Waals surface area contributed by atoms with Gasteiger partial charge in [0.15, 0.2) is 0 Å². The van der Waals surface area contributed by atoms with Gasteiger partial charge in [-0.25, -0.2) is 0 Å². The average Bonchev–Trinajstić information content (AvgIpc) is 2.76. The lowest BCUT2D eigenvalue weighted by molar-refractivity contribution is 0.0354. The van der Waals surface area contributed by atoms with Crippen LogP contribution in [0.25, 0.3) is 0 Å². The number of fused-ring (bicyclic) bond motifs is 3. The van der Waals surface area contributed by atoms with E-state index in [0.29, 0.717) is 5.92 Å². The smallest absolute Gasteiger partial charge is 0.130 e. The van der Waals surface area contributed by atoms with Crippen molar-refractivity contribution in [3.05, 3.63) is 29.3 Å². The van der Waals surface area contributed by atoms with Gasteiger partial charge < -0.3 is 4.74 Å². The predicted octanol–water partition coefficient (Wildman–Crippen LogP) is 5.35. The van der Waals surface area contributed by atoms with Crippen molar-refractivity contribution in [3.63, 3.8) is 0 Å². The van der Waals surface area contributed by atoms with Crippen LogP contribution in [0.5, 0.6) is 5.75 Å². The molecule has 1 fully saturated rings. The summed E-state index contributed by atoms with van der Waals surface area (Å²) in [6.45, 7) is 13.9. The number of hydrogen-bond donors (Lipinski definition) is 0. The van der Waals surface area contributed by atoms with Gasteiger partial charge in [0.2, 0.25) is 0 Å². The minimum absolute atomic E-state index is 0.0267. The fourth-order valence-corrected chi connectivity index (χ4v) is 5.40. The highest BCUT2D eigenvalue weighted by Gasteiger charge is 2.63. The minimum Gasteiger partial charge on any atom is -0.485 e. The number of aryl methyl sites for hydroxylation is 1. The van der Waals surface area contributed by atoms with Crippen LogP contribution in [0.2, 0.25) is 0 Å². The Hall–Kier alpha value is -0.630. The lowest BCUT2D eigenvalue weighted by atomic mass is 9.71. The van der Waals surface area contributed by atoms with Gasteiger partial charge in [0.25, 0.3) is 0 Å². The monoisotopic (exact) mass is 304 g/mol. The van der Waals surface area contributed by atoms with E-state index in [-0.39, 0.29) is 15.8 Å². The summed E-state index contributed by atoms with van der Waals surface area (Å²) in [5.41, 5.74) is 2.88. The molecule has 1 aromatic carbocycles. The molecule has 0 radical (unpaired) electrons. The van der Waals surface area contributed by atoms with Crippen LogP contribution in [-0.2, 0) is 5.41 Å². The summed E-state index contributed by atoms with van der Waals surface area (Å²) in [6.07, 6.45) is 2.52. The highest BCUT2D eigenvalue weighted by molar-refractivity contribution is 8.00. The second kappa shape index (κ2) is 4.68. The Balaban J connectivity index is 2.02. The van der Waals surface area contributed by atoms with Gasteiger partial charge in [0.05, 0.1) is 0 Å². The van der Waals surface area contributed by atoms with Crippen molar-refractivity contribution < 1.29 is 4.74 Å². The van der Waals surface area contributed by atoms with Crippen molar-refractivity contribution in [2.45, 2.75) is 70.1 Å². The van der Waals surface area contributed by atoms with Gasteiger partial charge in [-0.3, -0.25) is 0 Å². The molecular weight excluding hydrogens is 276 g/mol. The standard InChI is InChI=1S/C19H28OS/c1-13-7-8-15-16(11-13)20-19(12-21-17(3,4)5)14(2)9-10-18(15,19)6/h7-8,11,14H,9-10,12H2,1-6H3/t14-,18+,19+/m1/s1. The molecule has 0 saturated heterocycles. The quantitative estimate of drug-likeness (QED) is 0.729. The molecule has 3 atom stereocenters. The molecular formula is C19H28OS. The first-order valence-corrected chi connectivity index (χ1v) is 9.11. The molecule has 0 N–H and O–H groups in total. The number of ether oxygens (including phenoxy) is 1. The third-order valence-electron chi connectivity index (χ3n) is 5.55. The van der Waals surface area contributed by atoms with E-state index in [1.54, 1.807) is 0 Å². The number of thioether (sulfide) groups is 1. The first kappa shape index (κ1) is 15.3. The topological polar surface area (TPSA) is 9.23 Å². The van der Waals surface area contributed by atoms with Crippen LogP contribution >= 0.6 is 11.8 Å². The second-order valence-electron chi connectivity index (χ2n) is 8.16. The Labute approximate surface area is 133 Å². The van der Waals surface area contributed by atoms with E-state index in [1.807, 2.05) is 0 Å². The van der Waals surface area contributed by atoms with E-state index in [0.717, 1.165) is 11.5 Å². The van der Waals surface area contributed by atoms with E-state index in [1.165, 1.54) is 24.0 Å². The molecule has 3 rings (SSSR count). The van der Waals surface area contributed by atoms with Gasteiger partial charge in [-0.05, 0) is 37.3 Å². The van der Waals surface area contributed by atoms with E-state index < -0.39 is 0 Å². The molecule has 2 aliphatic rings. The van der Waals surface area contributed by atoms with Crippen molar-refractivity contribution in [2.75, 3.05) is 5.75 Å². The Kier molecular flexibility index (Phi) is 3.40. The number of hydrogen-bond acceptors (Lipinski definition) is 2. The Morgan fingerprint density at radius 3 is 2.71 bits per heavy atom. The SMILES string of the molecule is Cc1ccc2c(c1)O[C@@]1(CSC(C)(C)C)[C@H](C)CC[C@@]21C. The highest BCUT2D eigenvalue weighted by Crippen LogP contribution is 2.61. The van der Waals surface area contributed by atoms with Crippen LogP contribution in [0.3, 0.4) is 0 Å². The lowest BCUT2D eigenvalue weighted by Gasteiger charge is -2.41. The third-order valence-corrected chi connectivity index (χ3v) is 6.99. The zero-order valence-corrected chi connectivity index (χ0v) is 15.1. The van der Waals surface area contributed by atoms with Crippen LogP contribution < -0.4 is 4.74 Å². The van der Waals surface area contributed by atoms with Crippen molar-refractivity contribution >= 4 is 11.8 Å². The fraction of sp³-hybridized carbons (Fsp3) is 0.684. The number of rotatable bonds is 2. The first-order valence-electron chi connectivity index (χ1n) is 8.12. The van der Waals surface area contributed by atoms with E-state index >= 15 is 0 Å². The van der Waals surface area contributed by atoms with Gasteiger partial charge in [-0.1, -0.05) is 46.8 Å². The first-order chi connectivity index (χ1) is 9.68. The van der Waals surface area contributed by atoms with Gasteiger partial charge >= 0.3 is 0 Å². The molecule has 1 aromatic rings. The van der Waals surface area contributed by atoms with E-state index in [2.05, 4.69) is 71.5 Å². The van der Waals surface area contributed by atoms with Gasteiger partial charge in [0, 0.05) is 21.5 Å². The zero-order valence-electron chi connectivity index (χ0n) is 14.2. The van der Waals surface area contributed by atoms with Crippen molar-refractivity contribution in [3.8, 4) is 5.75 Å². The van der Waals surface area contributed by atoms with Crippen molar-refractivity contribution in [2.24, 2.45) is 5.92 Å². The molecule has 0 unspecified atom stereocenters. The summed E-state index contributed by atoms with van der Waals surface area (Å²) < 4.78 is 6.97. The van der Waals surface area contributed by atoms with Crippen LogP contribution in [0.1, 0.15) is 58.6 Å². The molecule has 2 heteroatoms. The Bertz CT molecular complexity index is 559. The Morgan fingerprint density at radius 1 is 1.33 bits per heavy atom. The predicted molar refractivity (Wildman–Crippen MR) is 92.5 cm³/mol. The zero-order chi connectivity index (χ0) is 15.5. The highest BCUT2D eigenvalue weighted by atomic mass is 32.2. The van der Waals surface area contributed by atoms with Gasteiger partial charge in [0.1, 0.15) is 11.4 Å². The molecule has 1 saturated carbocycles. The molecule has 1 nitrogen and oxygen atoms in total. The average molecular weight is 304 g/mol. The molecule has 0 aromatic heterocycles. The summed E-state index contributed by atoms with van der Waals surface area (Å²) in [6, 6.07) is 6.78. The molecule has 1 heterocycles. The minimum atomic E-state index is -0.0267. The van der Waals surface area contributed by atoms with Crippen molar-refractivity contribution in [1.29, 1.82) is 0 Å². The molecule has 0 bridgehead atoms. The van der Waals surface area contributed by atoms with E-state index in [4.69, 9.17) is 4.74 Å². The molecule has 1 aliphatic carbocycles. The summed E-state index contributed by atoms with van der Waals surface area (Å²) in [5.74, 6) is 2.84. The number of benzene rings is 1. The molecule has 0 spiro atoms. The maximum absolute atomic E-state index is 6.69. The normalized spacial score (nSPS) is 34.5. The molecule has 21 heavy (non-hydrogen) atoms. The maximum Gasteiger partial charge on any atom is 0.130 e. The van der Waals surface area contributed by atoms with Crippen LogP contribution in [-0.4, -0.2) is 16.1 Å². The summed E-state index contributed by atoms with van der Waals surface area (Å²) in [5, 5.41) is 0. The van der Waals surface area contributed by atoms with Gasteiger partial charge in [-0.2, -0.15) is 11.8 Å². The molecule has 116 valence electrons. The van der Waals surface area contributed by atoms with Crippen molar-refractivity contribution in [1.82, 2.24) is 0 Å². The lowest BCUT2D eigenvalue weighted by Crippen LogP contribution is -2.52. The summed E-state index contributed by atoms with van der Waals surface area (Å²) in [4.78, 5) is 0. The molecule has 1 aliphatic heterocycles. The van der Waals surface area contributed by atoms with Crippen LogP contribution in [0.15, 0.2) is 18.2 Å². The van der Waals surface area contributed by atoms with Gasteiger partial charge in [-0.15, -0.1) is 0 Å². The summed E-state index contributed by atoms with van der Waals surface area (Å²) in [7, 11) is 0. The largest absolute Gasteiger partial charge is 0.485 e. The maximum atomic E-state index is 6.69. The Morgan fingerprint density at radius 2 is 2.05 bits per heavy atom. The molecule has 0 amide bonds.